The van der Waals surface area contributed by atoms with Gasteiger partial charge in [0.15, 0.2) is 0 Å². The molecule has 0 bridgehead atoms. The van der Waals surface area contributed by atoms with Crippen molar-refractivity contribution in [2.24, 2.45) is 0 Å². The molecular formula is C13H14F2N2OS. The lowest BCUT2D eigenvalue weighted by atomic mass is 10.2. The second-order valence-corrected chi connectivity index (χ2v) is 5.25. The number of nitrogens with zero attached hydrogens (tertiary/aromatic N) is 1. The Morgan fingerprint density at radius 2 is 2.11 bits per heavy atom. The van der Waals surface area contributed by atoms with Gasteiger partial charge in [0, 0.05) is 29.7 Å². The van der Waals surface area contributed by atoms with Gasteiger partial charge in [0.25, 0.3) is 0 Å². The molecule has 6 heteroatoms. The van der Waals surface area contributed by atoms with E-state index in [0.717, 1.165) is 9.88 Å². The van der Waals surface area contributed by atoms with Crippen LogP contribution in [0.3, 0.4) is 0 Å². The molecule has 3 nitrogen and oxygen atoms in total. The molecule has 0 atom stereocenters. The van der Waals surface area contributed by atoms with Crippen LogP contribution in [-0.2, 0) is 13.1 Å². The van der Waals surface area contributed by atoms with Gasteiger partial charge in [-0.3, -0.25) is 0 Å². The Bertz CT molecular complexity index is 531. The molecule has 0 spiro atoms. The molecule has 2 aromatic rings. The Hall–Kier alpha value is -1.53. The normalized spacial score (nSPS) is 10.9. The van der Waals surface area contributed by atoms with Crippen molar-refractivity contribution in [3.05, 3.63) is 45.9 Å². The quantitative estimate of drug-likeness (QED) is 0.883. The fraction of sp³-hybridized carbons (Fsp3) is 0.308. The molecule has 0 radical (unpaired) electrons. The van der Waals surface area contributed by atoms with Crippen LogP contribution in [-0.4, -0.2) is 11.6 Å². The summed E-state index contributed by atoms with van der Waals surface area (Å²) in [6.45, 7) is 0.277. The molecule has 0 saturated carbocycles. The first-order valence-corrected chi connectivity index (χ1v) is 6.61. The number of benzene rings is 1. The van der Waals surface area contributed by atoms with Crippen molar-refractivity contribution in [2.75, 3.05) is 0 Å². The number of halogens is 2. The summed E-state index contributed by atoms with van der Waals surface area (Å²) in [6, 6.07) is 6.78. The van der Waals surface area contributed by atoms with Gasteiger partial charge < -0.3 is 10.1 Å². The van der Waals surface area contributed by atoms with Gasteiger partial charge in [-0.05, 0) is 13.0 Å². The molecule has 1 aromatic carbocycles. The SMILES string of the molecule is Cc1ncc(CNCc2ccccc2OC(F)F)s1. The van der Waals surface area contributed by atoms with E-state index in [4.69, 9.17) is 0 Å². The lowest BCUT2D eigenvalue weighted by molar-refractivity contribution is -0.0505. The molecule has 0 unspecified atom stereocenters. The minimum absolute atomic E-state index is 0.213. The maximum absolute atomic E-state index is 12.2. The zero-order chi connectivity index (χ0) is 13.7. The third kappa shape index (κ3) is 4.25. The van der Waals surface area contributed by atoms with Crippen LogP contribution in [0, 0.1) is 6.92 Å². The zero-order valence-electron chi connectivity index (χ0n) is 10.4. The lowest BCUT2D eigenvalue weighted by Gasteiger charge is -2.10. The number of ether oxygens (including phenoxy) is 1. The van der Waals surface area contributed by atoms with E-state index in [0.29, 0.717) is 18.7 Å². The van der Waals surface area contributed by atoms with Gasteiger partial charge in [-0.15, -0.1) is 11.3 Å². The number of aromatic nitrogens is 1. The van der Waals surface area contributed by atoms with Crippen LogP contribution in [0.5, 0.6) is 5.75 Å². The number of rotatable bonds is 6. The van der Waals surface area contributed by atoms with E-state index in [-0.39, 0.29) is 5.75 Å². The van der Waals surface area contributed by atoms with Gasteiger partial charge in [0.1, 0.15) is 5.75 Å². The number of alkyl halides is 2. The zero-order valence-corrected chi connectivity index (χ0v) is 11.2. The van der Waals surface area contributed by atoms with E-state index >= 15 is 0 Å². The molecule has 0 aliphatic carbocycles. The highest BCUT2D eigenvalue weighted by molar-refractivity contribution is 7.11. The van der Waals surface area contributed by atoms with Crippen LogP contribution in [0.25, 0.3) is 0 Å². The number of hydrogen-bond donors (Lipinski definition) is 1. The second-order valence-electron chi connectivity index (χ2n) is 3.94. The third-order valence-corrected chi connectivity index (χ3v) is 3.39. The first-order valence-electron chi connectivity index (χ1n) is 5.80. The molecule has 0 amide bonds. The van der Waals surface area contributed by atoms with Crippen LogP contribution in [0.2, 0.25) is 0 Å². The molecule has 1 N–H and O–H groups in total. The standard InChI is InChI=1S/C13H14F2N2OS/c1-9-17-8-11(19-9)7-16-6-10-4-2-3-5-12(10)18-13(14)15/h2-5,8,13,16H,6-7H2,1H3. The highest BCUT2D eigenvalue weighted by Crippen LogP contribution is 2.20. The van der Waals surface area contributed by atoms with Crippen molar-refractivity contribution in [1.82, 2.24) is 10.3 Å². The van der Waals surface area contributed by atoms with E-state index in [9.17, 15) is 8.78 Å². The summed E-state index contributed by atoms with van der Waals surface area (Å²) >= 11 is 1.61. The number of thiazole rings is 1. The summed E-state index contributed by atoms with van der Waals surface area (Å²) in [7, 11) is 0. The van der Waals surface area contributed by atoms with Crippen LogP contribution >= 0.6 is 11.3 Å². The average molecular weight is 284 g/mol. The van der Waals surface area contributed by atoms with Crippen LogP contribution in [0.15, 0.2) is 30.5 Å². The average Bonchev–Trinajstić information content (AvgIpc) is 2.77. The number of hydrogen-bond acceptors (Lipinski definition) is 4. The Balaban J connectivity index is 1.92. The Kier molecular flexibility index (Phi) is 4.81. The van der Waals surface area contributed by atoms with Gasteiger partial charge in [-0.2, -0.15) is 8.78 Å². The van der Waals surface area contributed by atoms with E-state index in [1.165, 1.54) is 0 Å². The van der Waals surface area contributed by atoms with Gasteiger partial charge in [-0.1, -0.05) is 18.2 Å². The topological polar surface area (TPSA) is 34.2 Å². The molecule has 0 fully saturated rings. The van der Waals surface area contributed by atoms with E-state index < -0.39 is 6.61 Å². The van der Waals surface area contributed by atoms with Crippen LogP contribution in [0.1, 0.15) is 15.4 Å². The number of aryl methyl sites for hydroxylation is 1. The van der Waals surface area contributed by atoms with Crippen molar-refractivity contribution < 1.29 is 13.5 Å². The van der Waals surface area contributed by atoms with Crippen LogP contribution < -0.4 is 10.1 Å². The van der Waals surface area contributed by atoms with E-state index in [1.54, 1.807) is 35.6 Å². The maximum Gasteiger partial charge on any atom is 0.387 e. The van der Waals surface area contributed by atoms with Crippen molar-refractivity contribution in [2.45, 2.75) is 26.6 Å². The molecule has 19 heavy (non-hydrogen) atoms. The highest BCUT2D eigenvalue weighted by Gasteiger charge is 2.08. The second kappa shape index (κ2) is 6.58. The summed E-state index contributed by atoms with van der Waals surface area (Å²) in [5.74, 6) is 0.213. The van der Waals surface area contributed by atoms with Crippen molar-refractivity contribution >= 4 is 11.3 Å². The minimum Gasteiger partial charge on any atom is -0.434 e. The molecule has 1 heterocycles. The van der Waals surface area contributed by atoms with Gasteiger partial charge >= 0.3 is 6.61 Å². The monoisotopic (exact) mass is 284 g/mol. The van der Waals surface area contributed by atoms with E-state index in [1.807, 2.05) is 13.1 Å². The van der Waals surface area contributed by atoms with Crippen molar-refractivity contribution in [3.63, 3.8) is 0 Å². The summed E-state index contributed by atoms with van der Waals surface area (Å²) in [5, 5.41) is 4.20. The van der Waals surface area contributed by atoms with Gasteiger partial charge in [-0.25, -0.2) is 4.98 Å². The minimum atomic E-state index is -2.80. The summed E-state index contributed by atoms with van der Waals surface area (Å²) in [6.07, 6.45) is 1.81. The predicted octanol–water partition coefficient (Wildman–Crippen LogP) is 3.34. The van der Waals surface area contributed by atoms with E-state index in [2.05, 4.69) is 15.0 Å². The molecule has 0 aliphatic rings. The Morgan fingerprint density at radius 1 is 1.32 bits per heavy atom. The Morgan fingerprint density at radius 3 is 2.79 bits per heavy atom. The highest BCUT2D eigenvalue weighted by atomic mass is 32.1. The predicted molar refractivity (Wildman–Crippen MR) is 70.5 cm³/mol. The fourth-order valence-electron chi connectivity index (χ4n) is 1.67. The smallest absolute Gasteiger partial charge is 0.387 e. The molecule has 0 saturated heterocycles. The Labute approximate surface area is 114 Å². The first kappa shape index (κ1) is 13.9. The molecule has 102 valence electrons. The van der Waals surface area contributed by atoms with Gasteiger partial charge in [0.05, 0.1) is 5.01 Å². The van der Waals surface area contributed by atoms with Crippen molar-refractivity contribution in [3.8, 4) is 5.75 Å². The molecule has 1 aromatic heterocycles. The number of para-hydroxylation sites is 1. The summed E-state index contributed by atoms with van der Waals surface area (Å²) in [4.78, 5) is 5.27. The van der Waals surface area contributed by atoms with Gasteiger partial charge in [0.2, 0.25) is 0 Å². The maximum atomic E-state index is 12.2. The molecular weight excluding hydrogens is 270 g/mol. The first-order chi connectivity index (χ1) is 9.15. The largest absolute Gasteiger partial charge is 0.434 e. The van der Waals surface area contributed by atoms with Crippen LogP contribution in [0.4, 0.5) is 8.78 Å². The number of nitrogens with one attached hydrogen (secondary N) is 1. The molecule has 0 aliphatic heterocycles. The lowest BCUT2D eigenvalue weighted by Crippen LogP contribution is -2.13. The fourth-order valence-corrected chi connectivity index (χ4v) is 2.43. The summed E-state index contributed by atoms with van der Waals surface area (Å²) in [5.41, 5.74) is 0.712. The summed E-state index contributed by atoms with van der Waals surface area (Å²) < 4.78 is 29.0. The van der Waals surface area contributed by atoms with Crippen molar-refractivity contribution in [1.29, 1.82) is 0 Å². The molecule has 2 rings (SSSR count). The third-order valence-electron chi connectivity index (χ3n) is 2.47.